The molecule has 2 atom stereocenters. The van der Waals surface area contributed by atoms with Crippen LogP contribution >= 0.6 is 23.5 Å². The van der Waals surface area contributed by atoms with Crippen molar-refractivity contribution in [1.29, 1.82) is 0 Å². The van der Waals surface area contributed by atoms with Gasteiger partial charge < -0.3 is 4.90 Å². The van der Waals surface area contributed by atoms with Crippen molar-refractivity contribution in [3.8, 4) is 0 Å². The van der Waals surface area contributed by atoms with Crippen molar-refractivity contribution in [2.24, 2.45) is 0 Å². The van der Waals surface area contributed by atoms with E-state index in [4.69, 9.17) is 4.84 Å². The van der Waals surface area contributed by atoms with Crippen LogP contribution in [0.4, 0.5) is 0 Å². The van der Waals surface area contributed by atoms with Gasteiger partial charge in [-0.15, -0.1) is 11.8 Å². The molecule has 1 saturated heterocycles. The average Bonchev–Trinajstić information content (AvgIpc) is 3.15. The van der Waals surface area contributed by atoms with Gasteiger partial charge in [0.15, 0.2) is 0 Å². The van der Waals surface area contributed by atoms with Crippen LogP contribution in [0.5, 0.6) is 0 Å². The van der Waals surface area contributed by atoms with Gasteiger partial charge in [0, 0.05) is 43.5 Å². The van der Waals surface area contributed by atoms with Crippen molar-refractivity contribution in [1.82, 2.24) is 14.9 Å². The normalized spacial score (nSPS) is 16.1. The molecular weight excluding hydrogens is 671 g/mol. The summed E-state index contributed by atoms with van der Waals surface area (Å²) in [6.45, 7) is 12.7. The number of nitrogens with zero attached hydrogens (tertiary/aromatic N) is 3. The van der Waals surface area contributed by atoms with Crippen molar-refractivity contribution in [2.75, 3.05) is 43.9 Å². The number of benzene rings is 4. The van der Waals surface area contributed by atoms with Gasteiger partial charge in [-0.2, -0.15) is 11.8 Å². The van der Waals surface area contributed by atoms with Gasteiger partial charge >= 0.3 is 0 Å². The highest BCUT2D eigenvalue weighted by atomic mass is 32.2. The summed E-state index contributed by atoms with van der Waals surface area (Å²) in [5.41, 5.74) is 5.93. The molecule has 8 heteroatoms. The molecule has 4 aromatic rings. The van der Waals surface area contributed by atoms with Crippen LogP contribution in [0.25, 0.3) is 0 Å². The Morgan fingerprint density at radius 3 is 1.94 bits per heavy atom. The second kappa shape index (κ2) is 17.8. The minimum Gasteiger partial charge on any atom is -0.336 e. The van der Waals surface area contributed by atoms with Crippen molar-refractivity contribution >= 4 is 35.8 Å². The summed E-state index contributed by atoms with van der Waals surface area (Å²) in [6, 6.07) is 37.9. The lowest BCUT2D eigenvalue weighted by atomic mass is 9.84. The first-order valence-electron chi connectivity index (χ1n) is 17.9. The fraction of sp³-hybridized carbons (Fsp3) is 0.395. The van der Waals surface area contributed by atoms with Crippen LogP contribution in [0.15, 0.2) is 109 Å². The Hall–Kier alpha value is -3.56. The van der Waals surface area contributed by atoms with Gasteiger partial charge in [0.05, 0.1) is 16.4 Å². The Morgan fingerprint density at radius 2 is 1.43 bits per heavy atom. The fourth-order valence-corrected chi connectivity index (χ4v) is 9.07. The van der Waals surface area contributed by atoms with Crippen molar-refractivity contribution in [2.45, 2.75) is 63.5 Å². The number of hydrogen-bond donors (Lipinski definition) is 0. The molecule has 270 valence electrons. The van der Waals surface area contributed by atoms with E-state index in [1.54, 1.807) is 5.06 Å². The Balaban J connectivity index is 1.49. The third-order valence-electron chi connectivity index (χ3n) is 9.70. The monoisotopic (exact) mass is 723 g/mol. The SMILES string of the molecule is CSCC[C@H]1CN(C(=O)c2cccc(C)c2C)CCN1C[C@H](CSC(c1ccccc1)(c1ccccc1)c1ccccc1)N(C=O)OC(C)(C)C. The van der Waals surface area contributed by atoms with E-state index in [1.165, 1.54) is 16.7 Å². The van der Waals surface area contributed by atoms with E-state index >= 15 is 0 Å². The summed E-state index contributed by atoms with van der Waals surface area (Å²) in [5, 5.41) is 1.55. The molecule has 0 unspecified atom stereocenters. The molecule has 0 spiro atoms. The van der Waals surface area contributed by atoms with E-state index < -0.39 is 10.3 Å². The molecule has 1 fully saturated rings. The standard InChI is InChI=1S/C43H53N3O3S2/c1-33-17-16-24-40(34(33)2)41(48)45-27-26-44(38(29-45)25-28-50-6)30-39(46(32-47)49-42(3,4)5)31-51-43(35-18-10-7-11-19-35,36-20-12-8-13-21-36)37-22-14-9-15-23-37/h7-24,32,38-39H,25-31H2,1-6H3/t38-,39+/m0/s1. The number of hydroxylamine groups is 2. The quantitative estimate of drug-likeness (QED) is 0.0697. The van der Waals surface area contributed by atoms with E-state index in [1.807, 2.05) is 68.3 Å². The van der Waals surface area contributed by atoms with Crippen molar-refractivity contribution in [3.05, 3.63) is 143 Å². The lowest BCUT2D eigenvalue weighted by Gasteiger charge is -2.45. The fourth-order valence-electron chi connectivity index (χ4n) is 6.96. The molecule has 4 aromatic carbocycles. The molecule has 51 heavy (non-hydrogen) atoms. The third kappa shape index (κ3) is 9.46. The molecule has 1 aliphatic rings. The summed E-state index contributed by atoms with van der Waals surface area (Å²) in [4.78, 5) is 37.7. The predicted octanol–water partition coefficient (Wildman–Crippen LogP) is 8.47. The van der Waals surface area contributed by atoms with Gasteiger partial charge in [0.25, 0.3) is 5.91 Å². The van der Waals surface area contributed by atoms with Crippen LogP contribution in [-0.2, 0) is 14.4 Å². The molecule has 0 aliphatic carbocycles. The lowest BCUT2D eigenvalue weighted by Crippen LogP contribution is -2.58. The number of carbonyl (C=O) groups excluding carboxylic acids is 2. The van der Waals surface area contributed by atoms with Crippen LogP contribution in [-0.4, -0.2) is 88.8 Å². The molecule has 1 heterocycles. The minimum absolute atomic E-state index is 0.0982. The largest absolute Gasteiger partial charge is 0.336 e. The molecular formula is C43H53N3O3S2. The van der Waals surface area contributed by atoms with E-state index in [-0.39, 0.29) is 18.0 Å². The summed E-state index contributed by atoms with van der Waals surface area (Å²) < 4.78 is -0.534. The number of rotatable bonds is 15. The van der Waals surface area contributed by atoms with Crippen molar-refractivity contribution in [3.63, 3.8) is 0 Å². The topological polar surface area (TPSA) is 53.1 Å². The first-order valence-corrected chi connectivity index (χ1v) is 20.3. The molecule has 0 radical (unpaired) electrons. The summed E-state index contributed by atoms with van der Waals surface area (Å²) in [5.74, 6) is 1.70. The van der Waals surface area contributed by atoms with Gasteiger partial charge in [-0.1, -0.05) is 103 Å². The number of hydrogen-bond acceptors (Lipinski definition) is 6. The summed E-state index contributed by atoms with van der Waals surface area (Å²) in [6.07, 6.45) is 3.93. The highest BCUT2D eigenvalue weighted by Crippen LogP contribution is 2.49. The maximum absolute atomic E-state index is 13.9. The molecule has 0 N–H and O–H groups in total. The van der Waals surface area contributed by atoms with Gasteiger partial charge in [0.2, 0.25) is 6.41 Å². The van der Waals surface area contributed by atoms with Crippen LogP contribution < -0.4 is 0 Å². The Bertz CT molecular complexity index is 1600. The molecule has 5 rings (SSSR count). The number of carbonyl (C=O) groups is 2. The molecule has 0 aromatic heterocycles. The Kier molecular flexibility index (Phi) is 13.5. The van der Waals surface area contributed by atoms with Crippen LogP contribution in [0, 0.1) is 13.8 Å². The number of thioether (sulfide) groups is 2. The molecule has 0 saturated carbocycles. The predicted molar refractivity (Wildman–Crippen MR) is 214 cm³/mol. The maximum Gasteiger partial charge on any atom is 0.254 e. The third-order valence-corrected chi connectivity index (χ3v) is 12.0. The summed E-state index contributed by atoms with van der Waals surface area (Å²) in [7, 11) is 0. The van der Waals surface area contributed by atoms with Gasteiger partial charge in [0.1, 0.15) is 0 Å². The highest BCUT2D eigenvalue weighted by Gasteiger charge is 2.40. The van der Waals surface area contributed by atoms with Gasteiger partial charge in [-0.05, 0) is 86.9 Å². The van der Waals surface area contributed by atoms with Crippen LogP contribution in [0.1, 0.15) is 65.4 Å². The van der Waals surface area contributed by atoms with E-state index in [0.717, 1.165) is 41.8 Å². The van der Waals surface area contributed by atoms with Crippen LogP contribution in [0.2, 0.25) is 0 Å². The number of aryl methyl sites for hydroxylation is 1. The summed E-state index contributed by atoms with van der Waals surface area (Å²) >= 11 is 3.67. The highest BCUT2D eigenvalue weighted by molar-refractivity contribution is 8.00. The second-order valence-corrected chi connectivity index (χ2v) is 16.6. The first-order chi connectivity index (χ1) is 24.6. The second-order valence-electron chi connectivity index (χ2n) is 14.3. The Morgan fingerprint density at radius 1 is 0.863 bits per heavy atom. The van der Waals surface area contributed by atoms with Gasteiger partial charge in [-0.25, -0.2) is 5.06 Å². The number of piperazine rings is 1. The van der Waals surface area contributed by atoms with E-state index in [0.29, 0.717) is 25.4 Å². The van der Waals surface area contributed by atoms with E-state index in [2.05, 4.69) is 115 Å². The molecule has 2 amide bonds. The molecule has 0 bridgehead atoms. The first kappa shape index (κ1) is 38.7. The van der Waals surface area contributed by atoms with E-state index in [9.17, 15) is 9.59 Å². The zero-order chi connectivity index (χ0) is 36.4. The van der Waals surface area contributed by atoms with Crippen LogP contribution in [0.3, 0.4) is 0 Å². The minimum atomic E-state index is -0.561. The van der Waals surface area contributed by atoms with Gasteiger partial charge in [-0.3, -0.25) is 19.3 Å². The lowest BCUT2D eigenvalue weighted by molar-refractivity contribution is -0.231. The maximum atomic E-state index is 13.9. The smallest absolute Gasteiger partial charge is 0.254 e. The van der Waals surface area contributed by atoms with Crippen molar-refractivity contribution < 1.29 is 14.4 Å². The Labute approximate surface area is 313 Å². The molecule has 6 nitrogen and oxygen atoms in total. The zero-order valence-corrected chi connectivity index (χ0v) is 32.6. The molecule has 1 aliphatic heterocycles. The number of amides is 2. The zero-order valence-electron chi connectivity index (χ0n) is 31.0. The average molecular weight is 724 g/mol.